The molecule has 0 N–H and O–H groups in total. The fourth-order valence-electron chi connectivity index (χ4n) is 12.8. The third-order valence-corrected chi connectivity index (χ3v) is 16.0. The fraction of sp³-hybridized carbons (Fsp3) is 0.0685. The van der Waals surface area contributed by atoms with E-state index in [4.69, 9.17) is 0 Å². The van der Waals surface area contributed by atoms with Gasteiger partial charge in [0.15, 0.2) is 0 Å². The Morgan fingerprint density at radius 3 is 1.12 bits per heavy atom. The molecule has 0 aromatic heterocycles. The van der Waals surface area contributed by atoms with E-state index >= 15 is 0 Å². The minimum Gasteiger partial charge on any atom is -0.314 e. The SMILES string of the molecule is C1=CC(N(c2ccccc2)c2ccc3c(c2)-c2cc(N(c4ccccc4)c4ccccc4)ccc2C32C3=CC=C(N(c4ccccc4)c4ccccc4)CC3c3cc(N(c4ccccc4)c4ccccc4)ccc32)=CCC1. The van der Waals surface area contributed by atoms with E-state index in [0.717, 1.165) is 76.1 Å². The maximum atomic E-state index is 2.52. The molecule has 10 aromatic rings. The fourth-order valence-corrected chi connectivity index (χ4v) is 12.8. The van der Waals surface area contributed by atoms with Gasteiger partial charge in [-0.15, -0.1) is 0 Å². The highest BCUT2D eigenvalue weighted by Gasteiger charge is 2.56. The Labute approximate surface area is 452 Å². The molecule has 0 saturated heterocycles. The molecule has 0 fully saturated rings. The van der Waals surface area contributed by atoms with Crippen LogP contribution in [0.3, 0.4) is 0 Å². The predicted octanol–water partition coefficient (Wildman–Crippen LogP) is 19.5. The highest BCUT2D eigenvalue weighted by Crippen LogP contribution is 2.67. The van der Waals surface area contributed by atoms with Gasteiger partial charge in [-0.3, -0.25) is 0 Å². The molecule has 14 rings (SSSR count). The number of para-hydroxylation sites is 7. The normalized spacial score (nSPS) is 16.5. The monoisotopic (exact) mass is 988 g/mol. The topological polar surface area (TPSA) is 13.0 Å². The number of benzene rings is 10. The summed E-state index contributed by atoms with van der Waals surface area (Å²) in [6, 6.07) is 97.9. The van der Waals surface area contributed by atoms with Gasteiger partial charge in [-0.1, -0.05) is 164 Å². The van der Waals surface area contributed by atoms with Gasteiger partial charge < -0.3 is 19.6 Å². The van der Waals surface area contributed by atoms with E-state index in [1.807, 2.05) is 0 Å². The van der Waals surface area contributed by atoms with E-state index in [0.29, 0.717) is 0 Å². The van der Waals surface area contributed by atoms with Crippen molar-refractivity contribution < 1.29 is 0 Å². The number of allylic oxidation sites excluding steroid dienone is 7. The van der Waals surface area contributed by atoms with Crippen LogP contribution in [0, 0.1) is 0 Å². The van der Waals surface area contributed by atoms with E-state index in [9.17, 15) is 0 Å². The second kappa shape index (κ2) is 19.6. The molecule has 0 amide bonds. The quantitative estimate of drug-likeness (QED) is 0.121. The lowest BCUT2D eigenvalue weighted by Crippen LogP contribution is -2.29. The lowest BCUT2D eigenvalue weighted by Gasteiger charge is -2.36. The van der Waals surface area contributed by atoms with Crippen LogP contribution >= 0.6 is 0 Å². The van der Waals surface area contributed by atoms with Crippen LogP contribution in [-0.4, -0.2) is 0 Å². The van der Waals surface area contributed by atoms with Crippen LogP contribution in [0.25, 0.3) is 11.1 Å². The van der Waals surface area contributed by atoms with Crippen LogP contribution in [0.1, 0.15) is 47.4 Å². The Hall–Kier alpha value is -9.64. The van der Waals surface area contributed by atoms with Crippen LogP contribution in [0.4, 0.5) is 56.9 Å². The highest BCUT2D eigenvalue weighted by atomic mass is 15.2. The van der Waals surface area contributed by atoms with Gasteiger partial charge in [-0.2, -0.15) is 0 Å². The van der Waals surface area contributed by atoms with Gasteiger partial charge in [0, 0.05) is 74.2 Å². The van der Waals surface area contributed by atoms with E-state index in [1.54, 1.807) is 0 Å². The molecule has 4 aliphatic carbocycles. The number of nitrogens with zero attached hydrogens (tertiary/aromatic N) is 4. The van der Waals surface area contributed by atoms with Crippen molar-refractivity contribution in [1.82, 2.24) is 0 Å². The average Bonchev–Trinajstić information content (AvgIpc) is 4.14. The lowest BCUT2D eigenvalue weighted by molar-refractivity contribution is 0.688. The number of rotatable bonds is 12. The summed E-state index contributed by atoms with van der Waals surface area (Å²) in [4.78, 5) is 9.73. The Morgan fingerprint density at radius 1 is 0.325 bits per heavy atom. The number of hydrogen-bond acceptors (Lipinski definition) is 4. The first-order chi connectivity index (χ1) is 38.2. The smallest absolute Gasteiger partial charge is 0.0685 e. The van der Waals surface area contributed by atoms with E-state index in [1.165, 1.54) is 50.3 Å². The van der Waals surface area contributed by atoms with Crippen LogP contribution in [0.15, 0.2) is 314 Å². The molecule has 0 saturated carbocycles. The first-order valence-electron chi connectivity index (χ1n) is 27.0. The number of fused-ring (bicyclic) bond motifs is 10. The van der Waals surface area contributed by atoms with Crippen LogP contribution < -0.4 is 19.6 Å². The predicted molar refractivity (Wildman–Crippen MR) is 321 cm³/mol. The van der Waals surface area contributed by atoms with Crippen molar-refractivity contribution >= 4 is 56.9 Å². The zero-order valence-electron chi connectivity index (χ0n) is 42.8. The van der Waals surface area contributed by atoms with Crippen molar-refractivity contribution in [2.24, 2.45) is 0 Å². The zero-order valence-corrected chi connectivity index (χ0v) is 42.8. The molecule has 77 heavy (non-hydrogen) atoms. The Balaban J connectivity index is 1.04. The molecule has 0 bridgehead atoms. The Bertz CT molecular complexity index is 3770. The summed E-state index contributed by atoms with van der Waals surface area (Å²) < 4.78 is 0. The molecular weight excluding hydrogens is 933 g/mol. The summed E-state index contributed by atoms with van der Waals surface area (Å²) in [6.07, 6.45) is 14.8. The summed E-state index contributed by atoms with van der Waals surface area (Å²) in [5.41, 5.74) is 22.3. The first-order valence-corrected chi connectivity index (χ1v) is 27.0. The van der Waals surface area contributed by atoms with Crippen molar-refractivity contribution in [2.75, 3.05) is 19.6 Å². The second-order valence-corrected chi connectivity index (χ2v) is 20.3. The average molecular weight is 989 g/mol. The summed E-state index contributed by atoms with van der Waals surface area (Å²) >= 11 is 0. The van der Waals surface area contributed by atoms with Crippen LogP contribution in [-0.2, 0) is 5.41 Å². The largest absolute Gasteiger partial charge is 0.314 e. The van der Waals surface area contributed by atoms with Gasteiger partial charge >= 0.3 is 0 Å². The summed E-state index contributed by atoms with van der Waals surface area (Å²) in [7, 11) is 0. The molecule has 368 valence electrons. The van der Waals surface area contributed by atoms with Gasteiger partial charge in [0.1, 0.15) is 0 Å². The maximum Gasteiger partial charge on any atom is 0.0685 e. The van der Waals surface area contributed by atoms with Gasteiger partial charge in [0.25, 0.3) is 0 Å². The van der Waals surface area contributed by atoms with Crippen molar-refractivity contribution in [2.45, 2.75) is 30.6 Å². The van der Waals surface area contributed by atoms with E-state index in [-0.39, 0.29) is 5.92 Å². The molecule has 0 radical (unpaired) electrons. The maximum absolute atomic E-state index is 2.52. The van der Waals surface area contributed by atoms with Crippen LogP contribution in [0.2, 0.25) is 0 Å². The molecule has 2 atom stereocenters. The molecular formula is C73H56N4. The Morgan fingerprint density at radius 2 is 0.701 bits per heavy atom. The van der Waals surface area contributed by atoms with Gasteiger partial charge in [0.2, 0.25) is 0 Å². The standard InChI is InChI=1S/C73H56N4/c1-9-25-53(26-10-1)74(54-27-11-2-12-28-54)61-41-45-69-65(49-61)66-50-62(75(55-29-13-3-14-30-55)56-31-15-4-16-32-56)42-46-70(66)73(69)71-47-43-63(76(57-33-17-5-18-34-57)58-35-19-6-20-36-58)51-67(71)68-52-64(44-48-72(68)73)77(59-37-21-7-22-38-59)60-39-23-8-24-40-60/h1-7,9-23,25-49,51-52,66H,8,24,50H2. The van der Waals surface area contributed by atoms with Gasteiger partial charge in [-0.25, -0.2) is 0 Å². The molecule has 4 nitrogen and oxygen atoms in total. The molecule has 4 aliphatic rings. The van der Waals surface area contributed by atoms with Gasteiger partial charge in [0.05, 0.1) is 5.41 Å². The molecule has 0 aliphatic heterocycles. The summed E-state index contributed by atoms with van der Waals surface area (Å²) in [5.74, 6) is 0.0508. The second-order valence-electron chi connectivity index (χ2n) is 20.3. The number of hydrogen-bond donors (Lipinski definition) is 0. The lowest BCUT2D eigenvalue weighted by atomic mass is 9.68. The molecule has 2 unspecified atom stereocenters. The van der Waals surface area contributed by atoms with Crippen molar-refractivity contribution in [3.8, 4) is 11.1 Å². The first kappa shape index (κ1) is 45.9. The third kappa shape index (κ3) is 7.91. The highest BCUT2D eigenvalue weighted by molar-refractivity contribution is 5.94. The molecule has 0 heterocycles. The van der Waals surface area contributed by atoms with Crippen molar-refractivity contribution in [3.63, 3.8) is 0 Å². The van der Waals surface area contributed by atoms with Crippen LogP contribution in [0.5, 0.6) is 0 Å². The summed E-state index contributed by atoms with van der Waals surface area (Å²) in [6.45, 7) is 0. The number of anilines is 10. The molecule has 1 spiro atoms. The van der Waals surface area contributed by atoms with E-state index in [2.05, 4.69) is 317 Å². The Kier molecular flexibility index (Phi) is 11.7. The van der Waals surface area contributed by atoms with Crippen molar-refractivity contribution in [3.05, 3.63) is 337 Å². The minimum atomic E-state index is -0.594. The summed E-state index contributed by atoms with van der Waals surface area (Å²) in [5, 5.41) is 0. The zero-order chi connectivity index (χ0) is 51.1. The molecule has 10 aromatic carbocycles. The van der Waals surface area contributed by atoms with Crippen molar-refractivity contribution in [1.29, 1.82) is 0 Å². The van der Waals surface area contributed by atoms with Gasteiger partial charge in [-0.05, 0) is 192 Å². The van der Waals surface area contributed by atoms with E-state index < -0.39 is 5.41 Å². The minimum absolute atomic E-state index is 0.0508. The molecule has 4 heteroatoms. The third-order valence-electron chi connectivity index (χ3n) is 16.0.